The number of rotatable bonds is 5. The summed E-state index contributed by atoms with van der Waals surface area (Å²) in [6.07, 6.45) is 5.42. The molecule has 0 saturated carbocycles. The Morgan fingerprint density at radius 3 is 2.64 bits per heavy atom. The first kappa shape index (κ1) is 18.1. The molecule has 0 aliphatic carbocycles. The van der Waals surface area contributed by atoms with Crippen molar-refractivity contribution in [1.82, 2.24) is 0 Å². The van der Waals surface area contributed by atoms with Gasteiger partial charge in [-0.25, -0.2) is 0 Å². The van der Waals surface area contributed by atoms with Crippen LogP contribution in [0.5, 0.6) is 11.5 Å². The molecule has 0 atom stereocenters. The first-order chi connectivity index (χ1) is 13.7. The van der Waals surface area contributed by atoms with Gasteiger partial charge in [0.25, 0.3) is 0 Å². The van der Waals surface area contributed by atoms with Crippen LogP contribution in [0.25, 0.3) is 6.08 Å². The van der Waals surface area contributed by atoms with Gasteiger partial charge in [0.1, 0.15) is 18.1 Å². The number of carbonyl (C=O) groups excluding carboxylic acids is 1. The van der Waals surface area contributed by atoms with Crippen LogP contribution >= 0.6 is 11.6 Å². The van der Waals surface area contributed by atoms with Gasteiger partial charge in [0.2, 0.25) is 5.78 Å². The van der Waals surface area contributed by atoms with Crippen molar-refractivity contribution >= 4 is 23.5 Å². The second kappa shape index (κ2) is 8.15. The first-order valence-electron chi connectivity index (χ1n) is 8.86. The summed E-state index contributed by atoms with van der Waals surface area (Å²) >= 11 is 5.99. The zero-order valence-electron chi connectivity index (χ0n) is 15.0. The van der Waals surface area contributed by atoms with Crippen molar-refractivity contribution in [3.63, 3.8) is 0 Å². The minimum Gasteiger partial charge on any atom is -0.489 e. The largest absolute Gasteiger partial charge is 0.489 e. The Balaban J connectivity index is 1.45. The van der Waals surface area contributed by atoms with Crippen LogP contribution in [-0.4, -0.2) is 5.78 Å². The number of fused-ring (bicyclic) bond motifs is 1. The van der Waals surface area contributed by atoms with Crippen LogP contribution in [0.15, 0.2) is 90.7 Å². The Bertz CT molecular complexity index is 1070. The van der Waals surface area contributed by atoms with Crippen molar-refractivity contribution in [3.8, 4) is 11.5 Å². The molecule has 0 fully saturated rings. The van der Waals surface area contributed by atoms with Crippen molar-refractivity contribution in [2.24, 2.45) is 0 Å². The van der Waals surface area contributed by atoms with E-state index in [0.29, 0.717) is 34.5 Å². The maximum absolute atomic E-state index is 12.5. The van der Waals surface area contributed by atoms with Gasteiger partial charge in [0.15, 0.2) is 5.76 Å². The fourth-order valence-corrected chi connectivity index (χ4v) is 3.09. The number of Topliss-reactive ketones (excluding diaryl/α,β-unsaturated/α-hetero) is 1. The smallest absolute Gasteiger partial charge is 0.231 e. The third-order valence-corrected chi connectivity index (χ3v) is 4.51. The van der Waals surface area contributed by atoms with E-state index in [0.717, 1.165) is 11.1 Å². The standard InChI is InChI=1S/C24H17ClO3/c25-19-10-4-9-18(14-19)16-27-20-12-13-21-23(15-20)28-22(24(21)26)11-5-8-17-6-2-1-3-7-17/h1-15H,16H2. The van der Waals surface area contributed by atoms with Gasteiger partial charge in [0, 0.05) is 11.1 Å². The molecule has 28 heavy (non-hydrogen) atoms. The van der Waals surface area contributed by atoms with E-state index in [9.17, 15) is 4.79 Å². The molecule has 3 aromatic carbocycles. The highest BCUT2D eigenvalue weighted by molar-refractivity contribution is 6.30. The second-order valence-corrected chi connectivity index (χ2v) is 6.74. The predicted octanol–water partition coefficient (Wildman–Crippen LogP) is 6.09. The van der Waals surface area contributed by atoms with Gasteiger partial charge >= 0.3 is 0 Å². The average Bonchev–Trinajstić information content (AvgIpc) is 3.02. The highest BCUT2D eigenvalue weighted by atomic mass is 35.5. The van der Waals surface area contributed by atoms with E-state index in [2.05, 4.69) is 0 Å². The normalized spacial score (nSPS) is 14.3. The topological polar surface area (TPSA) is 35.5 Å². The van der Waals surface area contributed by atoms with Gasteiger partial charge in [0.05, 0.1) is 5.56 Å². The lowest BCUT2D eigenvalue weighted by molar-refractivity contribution is 0.101. The van der Waals surface area contributed by atoms with E-state index in [1.54, 1.807) is 24.3 Å². The van der Waals surface area contributed by atoms with Crippen molar-refractivity contribution < 1.29 is 14.3 Å². The number of ketones is 1. The van der Waals surface area contributed by atoms with Gasteiger partial charge in [-0.2, -0.15) is 0 Å². The van der Waals surface area contributed by atoms with Crippen LogP contribution in [0.3, 0.4) is 0 Å². The monoisotopic (exact) mass is 388 g/mol. The number of carbonyl (C=O) groups is 1. The molecule has 0 bridgehead atoms. The van der Waals surface area contributed by atoms with E-state index in [4.69, 9.17) is 21.1 Å². The molecule has 3 nitrogen and oxygen atoms in total. The molecule has 0 spiro atoms. The van der Waals surface area contributed by atoms with E-state index in [1.807, 2.05) is 66.7 Å². The number of ether oxygens (including phenoxy) is 2. The van der Waals surface area contributed by atoms with Gasteiger partial charge in [-0.15, -0.1) is 0 Å². The predicted molar refractivity (Wildman–Crippen MR) is 111 cm³/mol. The Kier molecular flexibility index (Phi) is 5.27. The molecular formula is C24H17ClO3. The summed E-state index contributed by atoms with van der Waals surface area (Å²) in [6.45, 7) is 0.385. The quantitative estimate of drug-likeness (QED) is 0.496. The summed E-state index contributed by atoms with van der Waals surface area (Å²) in [5.41, 5.74) is 2.56. The lowest BCUT2D eigenvalue weighted by Crippen LogP contribution is -1.97. The molecule has 1 aliphatic heterocycles. The molecule has 0 radical (unpaired) electrons. The van der Waals surface area contributed by atoms with Crippen LogP contribution in [0.4, 0.5) is 0 Å². The molecule has 0 unspecified atom stereocenters. The van der Waals surface area contributed by atoms with Crippen molar-refractivity contribution in [2.45, 2.75) is 6.61 Å². The maximum Gasteiger partial charge on any atom is 0.231 e. The number of halogens is 1. The third-order valence-electron chi connectivity index (χ3n) is 4.27. The van der Waals surface area contributed by atoms with E-state index >= 15 is 0 Å². The summed E-state index contributed by atoms with van der Waals surface area (Å²) < 4.78 is 11.5. The summed E-state index contributed by atoms with van der Waals surface area (Å²) in [7, 11) is 0. The van der Waals surface area contributed by atoms with Gasteiger partial charge in [-0.3, -0.25) is 4.79 Å². The Morgan fingerprint density at radius 1 is 0.964 bits per heavy atom. The second-order valence-electron chi connectivity index (χ2n) is 6.31. The van der Waals surface area contributed by atoms with Crippen LogP contribution in [0.2, 0.25) is 5.02 Å². The zero-order chi connectivity index (χ0) is 19.3. The summed E-state index contributed by atoms with van der Waals surface area (Å²) in [6, 6.07) is 22.6. The Hall–Kier alpha value is -3.30. The molecule has 0 N–H and O–H groups in total. The van der Waals surface area contributed by atoms with E-state index < -0.39 is 0 Å². The highest BCUT2D eigenvalue weighted by Gasteiger charge is 2.27. The fourth-order valence-electron chi connectivity index (χ4n) is 2.88. The summed E-state index contributed by atoms with van der Waals surface area (Å²) in [5, 5.41) is 0.669. The number of hydrogen-bond donors (Lipinski definition) is 0. The number of benzene rings is 3. The fraction of sp³-hybridized carbons (Fsp3) is 0.0417. The van der Waals surface area contributed by atoms with E-state index in [1.165, 1.54) is 0 Å². The van der Waals surface area contributed by atoms with Gasteiger partial charge in [-0.1, -0.05) is 66.2 Å². The number of hydrogen-bond acceptors (Lipinski definition) is 3. The summed E-state index contributed by atoms with van der Waals surface area (Å²) in [5.74, 6) is 1.31. The molecule has 1 aliphatic rings. The molecule has 4 heteroatoms. The minimum absolute atomic E-state index is 0.130. The molecule has 3 aromatic rings. The van der Waals surface area contributed by atoms with Crippen LogP contribution in [0.1, 0.15) is 21.5 Å². The van der Waals surface area contributed by atoms with Crippen molar-refractivity contribution in [2.75, 3.05) is 0 Å². The molecule has 138 valence electrons. The molecule has 4 rings (SSSR count). The lowest BCUT2D eigenvalue weighted by atomic mass is 10.1. The minimum atomic E-state index is -0.130. The molecule has 0 saturated heterocycles. The van der Waals surface area contributed by atoms with E-state index in [-0.39, 0.29) is 5.78 Å². The highest BCUT2D eigenvalue weighted by Crippen LogP contribution is 2.34. The van der Waals surface area contributed by atoms with Crippen molar-refractivity contribution in [1.29, 1.82) is 0 Å². The average molecular weight is 389 g/mol. The molecule has 0 aromatic heterocycles. The third kappa shape index (κ3) is 4.16. The van der Waals surface area contributed by atoms with Gasteiger partial charge in [-0.05, 0) is 41.5 Å². The van der Waals surface area contributed by atoms with Crippen LogP contribution in [-0.2, 0) is 6.61 Å². The lowest BCUT2D eigenvalue weighted by Gasteiger charge is -2.07. The van der Waals surface area contributed by atoms with Crippen LogP contribution < -0.4 is 9.47 Å². The van der Waals surface area contributed by atoms with Gasteiger partial charge < -0.3 is 9.47 Å². The maximum atomic E-state index is 12.5. The Labute approximate surface area is 168 Å². The Morgan fingerprint density at radius 2 is 1.82 bits per heavy atom. The molecular weight excluding hydrogens is 372 g/mol. The van der Waals surface area contributed by atoms with Crippen molar-refractivity contribution in [3.05, 3.63) is 112 Å². The number of allylic oxidation sites excluding steroid dienone is 3. The zero-order valence-corrected chi connectivity index (χ0v) is 15.7. The first-order valence-corrected chi connectivity index (χ1v) is 9.24. The van der Waals surface area contributed by atoms with Crippen LogP contribution in [0, 0.1) is 0 Å². The summed E-state index contributed by atoms with van der Waals surface area (Å²) in [4.78, 5) is 12.5. The SMILES string of the molecule is O=C1C(=CC=Cc2ccccc2)Oc2cc(OCc3cccc(Cl)c3)ccc21. The molecule has 1 heterocycles. The molecule has 0 amide bonds.